The maximum absolute atomic E-state index is 2.49. The van der Waals surface area contributed by atoms with Crippen LogP contribution in [-0.2, 0) is 20.3 Å². The number of halogens is 2. The Morgan fingerprint density at radius 1 is 0.952 bits per heavy atom. The van der Waals surface area contributed by atoms with E-state index in [2.05, 4.69) is 39.0 Å². The Labute approximate surface area is 147 Å². The zero-order valence-electron chi connectivity index (χ0n) is 13.4. The second kappa shape index (κ2) is 7.80. The Balaban J connectivity index is 0.00000110. The van der Waals surface area contributed by atoms with Gasteiger partial charge in [0.25, 0.3) is 0 Å². The van der Waals surface area contributed by atoms with Crippen LogP contribution in [0.1, 0.15) is 52.9 Å². The molecule has 3 heteroatoms. The van der Waals surface area contributed by atoms with Crippen molar-refractivity contribution in [3.63, 3.8) is 0 Å². The third-order valence-corrected chi connectivity index (χ3v) is 17.0. The van der Waals surface area contributed by atoms with Crippen LogP contribution in [0.5, 0.6) is 0 Å². The molecule has 3 aliphatic rings. The summed E-state index contributed by atoms with van der Waals surface area (Å²) in [7, 11) is 0. The van der Waals surface area contributed by atoms with E-state index < -0.39 is 20.3 Å². The Hall–Kier alpha value is 0.423. The van der Waals surface area contributed by atoms with Crippen molar-refractivity contribution in [2.24, 2.45) is 0 Å². The van der Waals surface area contributed by atoms with E-state index in [1.54, 1.807) is 19.4 Å². The number of allylic oxidation sites excluding steroid dienone is 8. The molecular formula is C18H26Cl2Zr. The molecule has 0 amide bonds. The molecular weight excluding hydrogens is 378 g/mol. The van der Waals surface area contributed by atoms with E-state index >= 15 is 0 Å². The zero-order chi connectivity index (χ0) is 13.5. The number of rotatable bonds is 5. The summed E-state index contributed by atoms with van der Waals surface area (Å²) in [5.74, 6) is 0. The summed E-state index contributed by atoms with van der Waals surface area (Å²) in [6.07, 6.45) is 13.6. The molecule has 1 fully saturated rings. The monoisotopic (exact) mass is 402 g/mol. The van der Waals surface area contributed by atoms with Crippen molar-refractivity contribution in [3.8, 4) is 0 Å². The first-order valence-corrected chi connectivity index (χ1v) is 14.0. The molecule has 0 N–H and O–H groups in total. The average Bonchev–Trinajstić information content (AvgIpc) is 2.94. The molecule has 0 unspecified atom stereocenters. The van der Waals surface area contributed by atoms with Crippen molar-refractivity contribution in [1.82, 2.24) is 0 Å². The van der Waals surface area contributed by atoms with Crippen molar-refractivity contribution in [2.75, 3.05) is 0 Å². The molecule has 0 saturated carbocycles. The van der Waals surface area contributed by atoms with Crippen molar-refractivity contribution in [1.29, 1.82) is 0 Å². The van der Waals surface area contributed by atoms with E-state index in [-0.39, 0.29) is 24.8 Å². The SMILES string of the molecule is CCC1=C(CC)C(CC)=[C]([Zr+2]2([C]3=CC=CC3)[CH2][CH2]2)C1.[Cl-].[Cl-]. The van der Waals surface area contributed by atoms with E-state index in [1.807, 2.05) is 12.1 Å². The summed E-state index contributed by atoms with van der Waals surface area (Å²) in [5.41, 5.74) is 5.36. The molecule has 0 bridgehead atoms. The van der Waals surface area contributed by atoms with Gasteiger partial charge in [-0.05, 0) is 0 Å². The molecule has 0 spiro atoms. The predicted octanol–water partition coefficient (Wildman–Crippen LogP) is 0.0267. The van der Waals surface area contributed by atoms with Crippen LogP contribution in [0.3, 0.4) is 0 Å². The minimum atomic E-state index is -1.98. The van der Waals surface area contributed by atoms with Crippen LogP contribution in [0.15, 0.2) is 41.5 Å². The second-order valence-corrected chi connectivity index (χ2v) is 17.0. The van der Waals surface area contributed by atoms with Gasteiger partial charge in [-0.3, -0.25) is 0 Å². The Morgan fingerprint density at radius 3 is 2.05 bits per heavy atom. The molecule has 0 radical (unpaired) electrons. The van der Waals surface area contributed by atoms with Gasteiger partial charge in [-0.1, -0.05) is 0 Å². The van der Waals surface area contributed by atoms with E-state index in [0.717, 1.165) is 0 Å². The molecule has 3 rings (SSSR count). The quantitative estimate of drug-likeness (QED) is 0.607. The van der Waals surface area contributed by atoms with Gasteiger partial charge in [0, 0.05) is 0 Å². The van der Waals surface area contributed by atoms with Crippen molar-refractivity contribution in [2.45, 2.75) is 61.1 Å². The minimum absolute atomic E-state index is 0. The van der Waals surface area contributed by atoms with E-state index in [1.165, 1.54) is 32.1 Å². The van der Waals surface area contributed by atoms with E-state index in [0.29, 0.717) is 0 Å². The van der Waals surface area contributed by atoms with Gasteiger partial charge in [0.15, 0.2) is 0 Å². The van der Waals surface area contributed by atoms with Crippen LogP contribution in [0, 0.1) is 0 Å². The third kappa shape index (κ3) is 3.22. The summed E-state index contributed by atoms with van der Waals surface area (Å²) < 4.78 is 7.13. The topological polar surface area (TPSA) is 0 Å². The van der Waals surface area contributed by atoms with Gasteiger partial charge in [-0.25, -0.2) is 0 Å². The van der Waals surface area contributed by atoms with Crippen LogP contribution in [0.4, 0.5) is 0 Å². The van der Waals surface area contributed by atoms with Gasteiger partial charge in [0.2, 0.25) is 0 Å². The molecule has 0 atom stereocenters. The number of hydrogen-bond acceptors (Lipinski definition) is 0. The fourth-order valence-corrected chi connectivity index (χ4v) is 18.4. The summed E-state index contributed by atoms with van der Waals surface area (Å²) in [6.45, 7) is 7.09. The fourth-order valence-electron chi connectivity index (χ4n) is 4.25. The van der Waals surface area contributed by atoms with Gasteiger partial charge in [-0.2, -0.15) is 0 Å². The van der Waals surface area contributed by atoms with Gasteiger partial charge >= 0.3 is 123 Å². The predicted molar refractivity (Wildman–Crippen MR) is 81.0 cm³/mol. The van der Waals surface area contributed by atoms with Crippen LogP contribution < -0.4 is 24.8 Å². The van der Waals surface area contributed by atoms with Crippen molar-refractivity contribution < 1.29 is 45.1 Å². The minimum Gasteiger partial charge on any atom is -1.00 e. The largest absolute Gasteiger partial charge is 1.00 e. The van der Waals surface area contributed by atoms with Crippen molar-refractivity contribution in [3.05, 3.63) is 41.5 Å². The molecule has 1 heterocycles. The standard InChI is InChI=1S/C11H17.C5H5.C2H4.2ClH.Zr/c1-4-9-7-8-10(5-2)11(9)6-3;1-2-4-5-3-1;1-2;;;/h4-7H2,1-3H3;1-3H,4H2;1-2H2;2*1H;/q;;;;;+2/p-2. The summed E-state index contributed by atoms with van der Waals surface area (Å²) in [4.78, 5) is 0. The van der Waals surface area contributed by atoms with Gasteiger partial charge < -0.3 is 24.8 Å². The molecule has 1 aliphatic heterocycles. The Bertz CT molecular complexity index is 519. The van der Waals surface area contributed by atoms with E-state index in [4.69, 9.17) is 0 Å². The summed E-state index contributed by atoms with van der Waals surface area (Å²) >= 11 is -1.98. The molecule has 0 aromatic carbocycles. The molecule has 0 aromatic rings. The average molecular weight is 405 g/mol. The molecule has 116 valence electrons. The molecule has 0 nitrogen and oxygen atoms in total. The van der Waals surface area contributed by atoms with E-state index in [9.17, 15) is 0 Å². The second-order valence-electron chi connectivity index (χ2n) is 6.18. The maximum atomic E-state index is 2.49. The third-order valence-electron chi connectivity index (χ3n) is 5.39. The summed E-state index contributed by atoms with van der Waals surface area (Å²) in [6, 6.07) is 0. The van der Waals surface area contributed by atoms with Crippen molar-refractivity contribution >= 4 is 0 Å². The van der Waals surface area contributed by atoms with Crippen LogP contribution >= 0.6 is 0 Å². The molecule has 0 aromatic heterocycles. The van der Waals surface area contributed by atoms with Crippen LogP contribution in [0.25, 0.3) is 0 Å². The smallest absolute Gasteiger partial charge is 1.00 e. The van der Waals surface area contributed by atoms with Gasteiger partial charge in [0.05, 0.1) is 0 Å². The maximum Gasteiger partial charge on any atom is -1.00 e. The Kier molecular flexibility index (Phi) is 7.23. The van der Waals surface area contributed by atoms with Gasteiger partial charge in [0.1, 0.15) is 0 Å². The van der Waals surface area contributed by atoms with Gasteiger partial charge in [-0.15, -0.1) is 0 Å². The first-order valence-electron chi connectivity index (χ1n) is 8.06. The Morgan fingerprint density at radius 2 is 1.62 bits per heavy atom. The first kappa shape index (κ1) is 19.5. The number of hydrogen-bond donors (Lipinski definition) is 0. The van der Waals surface area contributed by atoms with Crippen LogP contribution in [-0.4, -0.2) is 0 Å². The molecule has 2 aliphatic carbocycles. The van der Waals surface area contributed by atoms with Crippen LogP contribution in [0.2, 0.25) is 8.26 Å². The zero-order valence-corrected chi connectivity index (χ0v) is 17.4. The molecule has 21 heavy (non-hydrogen) atoms. The first-order chi connectivity index (χ1) is 9.26. The normalized spacial score (nSPS) is 20.6. The fraction of sp³-hybridized carbons (Fsp3) is 0.556. The molecule has 1 saturated heterocycles. The summed E-state index contributed by atoms with van der Waals surface area (Å²) in [5, 5.41) is 0.